The number of hydrogen-bond acceptors (Lipinski definition) is 4. The van der Waals surface area contributed by atoms with Gasteiger partial charge in [-0.05, 0) is 20.0 Å². The van der Waals surface area contributed by atoms with Crippen LogP contribution in [0.2, 0.25) is 0 Å². The molecule has 0 aliphatic carbocycles. The van der Waals surface area contributed by atoms with E-state index in [9.17, 15) is 4.79 Å². The largest absolute Gasteiger partial charge is 0.347 e. The van der Waals surface area contributed by atoms with Gasteiger partial charge in [0.1, 0.15) is 0 Å². The first-order valence-corrected chi connectivity index (χ1v) is 4.64. The molecule has 1 aliphatic heterocycles. The van der Waals surface area contributed by atoms with Gasteiger partial charge in [-0.3, -0.25) is 9.69 Å². The zero-order chi connectivity index (χ0) is 10.0. The predicted molar refractivity (Wildman–Crippen MR) is 53.6 cm³/mol. The highest BCUT2D eigenvalue weighted by atomic mass is 32.1. The van der Waals surface area contributed by atoms with Gasteiger partial charge < -0.3 is 9.08 Å². The average Bonchev–Trinajstić information content (AvgIpc) is 2.45. The van der Waals surface area contributed by atoms with E-state index in [1.165, 1.54) is 0 Å². The molecule has 1 amide bonds. The fourth-order valence-electron chi connectivity index (χ4n) is 1.62. The maximum atomic E-state index is 11.6. The Morgan fingerprint density at radius 2 is 2.23 bits per heavy atom. The van der Waals surface area contributed by atoms with Gasteiger partial charge in [-0.15, -0.1) is 0 Å². The molecule has 0 bridgehead atoms. The molecule has 0 saturated carbocycles. The minimum absolute atomic E-state index is 0.0489. The number of amides is 1. The van der Waals surface area contributed by atoms with Gasteiger partial charge in [-0.2, -0.15) is 0 Å². The number of carbonyl (C=O) groups excluding carboxylic acids is 1. The van der Waals surface area contributed by atoms with Gasteiger partial charge in [0, 0.05) is 27.1 Å². The van der Waals surface area contributed by atoms with Crippen molar-refractivity contribution in [2.24, 2.45) is 0 Å². The highest BCUT2D eigenvalue weighted by molar-refractivity contribution is 7.75. The third-order valence-corrected chi connectivity index (χ3v) is 2.68. The monoisotopic (exact) mass is 204 g/mol. The second-order valence-electron chi connectivity index (χ2n) is 3.65. The van der Waals surface area contributed by atoms with E-state index in [1.54, 1.807) is 19.0 Å². The third-order valence-electron chi connectivity index (χ3n) is 2.38. The second-order valence-corrected chi connectivity index (χ2v) is 3.86. The van der Waals surface area contributed by atoms with Gasteiger partial charge in [0.05, 0.1) is 12.1 Å². The Labute approximate surface area is 84.4 Å². The summed E-state index contributed by atoms with van der Waals surface area (Å²) in [5.41, 5.74) is 0. The molecule has 4 nitrogen and oxygen atoms in total. The quantitative estimate of drug-likeness (QED) is 0.508. The van der Waals surface area contributed by atoms with Crippen LogP contribution in [0.1, 0.15) is 6.42 Å². The molecular formula is C8H16N2O2S. The smallest absolute Gasteiger partial charge is 0.239 e. The van der Waals surface area contributed by atoms with Crippen molar-refractivity contribution in [1.82, 2.24) is 9.80 Å². The van der Waals surface area contributed by atoms with Crippen molar-refractivity contribution in [3.8, 4) is 0 Å². The lowest BCUT2D eigenvalue weighted by molar-refractivity contribution is -0.133. The van der Waals surface area contributed by atoms with Crippen LogP contribution in [-0.4, -0.2) is 55.5 Å². The summed E-state index contributed by atoms with van der Waals surface area (Å²) in [6.45, 7) is 0.772. The van der Waals surface area contributed by atoms with Crippen molar-refractivity contribution >= 4 is 18.8 Å². The van der Waals surface area contributed by atoms with E-state index in [2.05, 4.69) is 12.9 Å². The molecule has 0 aromatic heterocycles. The van der Waals surface area contributed by atoms with Crippen molar-refractivity contribution in [2.75, 3.05) is 27.7 Å². The molecule has 0 aromatic carbocycles. The normalized spacial score (nSPS) is 29.2. The summed E-state index contributed by atoms with van der Waals surface area (Å²) in [4.78, 5) is 15.2. The zero-order valence-corrected chi connectivity index (χ0v) is 9.12. The molecular weight excluding hydrogens is 188 g/mol. The molecule has 2 atom stereocenters. The van der Waals surface area contributed by atoms with Crippen molar-refractivity contribution in [3.05, 3.63) is 0 Å². The summed E-state index contributed by atoms with van der Waals surface area (Å²) >= 11 is 3.77. The number of hydrogen-bond donors (Lipinski definition) is 1. The summed E-state index contributed by atoms with van der Waals surface area (Å²) in [5, 5.41) is 0. The predicted octanol–water partition coefficient (Wildman–Crippen LogP) is 0.00870. The first kappa shape index (κ1) is 10.8. The first-order valence-electron chi connectivity index (χ1n) is 4.28. The fraction of sp³-hybridized carbons (Fsp3) is 0.875. The van der Waals surface area contributed by atoms with Crippen LogP contribution in [-0.2, 0) is 8.98 Å². The van der Waals surface area contributed by atoms with Crippen LogP contribution in [0.4, 0.5) is 0 Å². The maximum Gasteiger partial charge on any atom is 0.239 e. The zero-order valence-electron chi connectivity index (χ0n) is 8.23. The van der Waals surface area contributed by atoms with Gasteiger partial charge in [-0.1, -0.05) is 0 Å². The van der Waals surface area contributed by atoms with Crippen LogP contribution in [0.5, 0.6) is 0 Å². The molecule has 1 saturated heterocycles. The lowest BCUT2D eigenvalue weighted by Crippen LogP contribution is -2.40. The molecule has 1 rings (SSSR count). The standard InChI is InChI=1S/C8H16N2O2S/c1-9(2)8(11)7-4-6(12-13)5-10(7)3/h6-7,13H,4-5H2,1-3H3/t6-,7+/m0/s1. The van der Waals surface area contributed by atoms with E-state index in [0.717, 1.165) is 13.0 Å². The highest BCUT2D eigenvalue weighted by Crippen LogP contribution is 2.20. The highest BCUT2D eigenvalue weighted by Gasteiger charge is 2.35. The van der Waals surface area contributed by atoms with Crippen LogP contribution in [0.15, 0.2) is 0 Å². The maximum absolute atomic E-state index is 11.6. The minimum atomic E-state index is -0.0489. The number of thiol groups is 1. The molecule has 1 heterocycles. The Balaban J connectivity index is 2.57. The van der Waals surface area contributed by atoms with Gasteiger partial charge in [0.2, 0.25) is 5.91 Å². The Bertz CT molecular complexity index is 199. The van der Waals surface area contributed by atoms with E-state index in [4.69, 9.17) is 4.18 Å². The molecule has 0 spiro atoms. The summed E-state index contributed by atoms with van der Waals surface area (Å²) in [5.74, 6) is 0.135. The van der Waals surface area contributed by atoms with Crippen molar-refractivity contribution in [2.45, 2.75) is 18.6 Å². The first-order chi connectivity index (χ1) is 6.06. The summed E-state index contributed by atoms with van der Waals surface area (Å²) in [7, 11) is 5.47. The molecule has 76 valence electrons. The van der Waals surface area contributed by atoms with E-state index >= 15 is 0 Å². The molecule has 0 unspecified atom stereocenters. The Kier molecular flexibility index (Phi) is 3.58. The van der Waals surface area contributed by atoms with Gasteiger partial charge in [0.15, 0.2) is 0 Å². The van der Waals surface area contributed by atoms with Gasteiger partial charge in [0.25, 0.3) is 0 Å². The van der Waals surface area contributed by atoms with Crippen LogP contribution < -0.4 is 0 Å². The fourth-order valence-corrected chi connectivity index (χ4v) is 1.77. The van der Waals surface area contributed by atoms with E-state index in [-0.39, 0.29) is 18.1 Å². The van der Waals surface area contributed by atoms with Crippen LogP contribution >= 0.6 is 12.9 Å². The lowest BCUT2D eigenvalue weighted by Gasteiger charge is -2.21. The molecule has 5 heteroatoms. The number of likely N-dealkylation sites (tertiary alicyclic amines) is 1. The molecule has 0 aromatic rings. The molecule has 0 N–H and O–H groups in total. The van der Waals surface area contributed by atoms with Crippen molar-refractivity contribution in [3.63, 3.8) is 0 Å². The summed E-state index contributed by atoms with van der Waals surface area (Å²) in [6.07, 6.45) is 0.805. The molecule has 1 aliphatic rings. The Morgan fingerprint density at radius 3 is 2.62 bits per heavy atom. The van der Waals surface area contributed by atoms with Crippen LogP contribution in [0, 0.1) is 0 Å². The topological polar surface area (TPSA) is 32.8 Å². The van der Waals surface area contributed by atoms with Crippen LogP contribution in [0.25, 0.3) is 0 Å². The van der Waals surface area contributed by atoms with E-state index in [0.29, 0.717) is 0 Å². The summed E-state index contributed by atoms with van der Waals surface area (Å²) in [6, 6.07) is -0.0489. The number of nitrogens with zero attached hydrogens (tertiary/aromatic N) is 2. The lowest BCUT2D eigenvalue weighted by atomic mass is 10.2. The van der Waals surface area contributed by atoms with E-state index in [1.807, 2.05) is 11.9 Å². The molecule has 13 heavy (non-hydrogen) atoms. The Hall–Kier alpha value is -0.260. The van der Waals surface area contributed by atoms with Crippen molar-refractivity contribution in [1.29, 1.82) is 0 Å². The number of likely N-dealkylation sites (N-methyl/N-ethyl adjacent to an activating group) is 2. The van der Waals surface area contributed by atoms with Crippen molar-refractivity contribution < 1.29 is 8.98 Å². The molecule has 1 fully saturated rings. The third kappa shape index (κ3) is 2.36. The van der Waals surface area contributed by atoms with Gasteiger partial charge >= 0.3 is 0 Å². The average molecular weight is 204 g/mol. The van der Waals surface area contributed by atoms with Crippen LogP contribution in [0.3, 0.4) is 0 Å². The van der Waals surface area contributed by atoms with E-state index < -0.39 is 0 Å². The summed E-state index contributed by atoms with van der Waals surface area (Å²) < 4.78 is 4.92. The minimum Gasteiger partial charge on any atom is -0.347 e. The SMILES string of the molecule is CN(C)C(=O)[C@H]1C[C@H](OS)CN1C. The Morgan fingerprint density at radius 1 is 1.62 bits per heavy atom. The second kappa shape index (κ2) is 4.30. The number of carbonyl (C=O) groups is 1. The molecule has 0 radical (unpaired) electrons. The van der Waals surface area contributed by atoms with Gasteiger partial charge in [-0.25, -0.2) is 0 Å². The number of rotatable bonds is 2.